The first kappa shape index (κ1) is 16.5. The van der Waals surface area contributed by atoms with E-state index in [2.05, 4.69) is 0 Å². The Labute approximate surface area is 120 Å². The highest BCUT2D eigenvalue weighted by Gasteiger charge is 2.29. The molecule has 4 nitrogen and oxygen atoms in total. The number of aliphatic hydroxyl groups is 1. The summed E-state index contributed by atoms with van der Waals surface area (Å²) >= 11 is 0. The minimum atomic E-state index is -0.951. The van der Waals surface area contributed by atoms with Crippen molar-refractivity contribution in [3.63, 3.8) is 0 Å². The second-order valence-electron chi connectivity index (χ2n) is 5.74. The van der Waals surface area contributed by atoms with Gasteiger partial charge in [0.05, 0.1) is 18.6 Å². The number of carbonyl (C=O) groups is 1. The molecule has 1 aromatic rings. The molecule has 0 aromatic heterocycles. The van der Waals surface area contributed by atoms with E-state index < -0.39 is 23.6 Å². The molecule has 1 rings (SSSR count). The highest BCUT2D eigenvalue weighted by molar-refractivity contribution is 5.73. The molecular formula is C16H24O4. The first-order valence-electron chi connectivity index (χ1n) is 6.89. The monoisotopic (exact) mass is 280 g/mol. The van der Waals surface area contributed by atoms with E-state index in [-0.39, 0.29) is 0 Å². The zero-order valence-corrected chi connectivity index (χ0v) is 12.8. The SMILES string of the molecule is CCOc1ccccc1C(O)C(C)C(=O)OC(C)(C)C. The van der Waals surface area contributed by atoms with Crippen LogP contribution in [0.3, 0.4) is 0 Å². The van der Waals surface area contributed by atoms with Crippen molar-refractivity contribution in [2.24, 2.45) is 5.92 Å². The van der Waals surface area contributed by atoms with Crippen molar-refractivity contribution in [1.29, 1.82) is 0 Å². The number of esters is 1. The summed E-state index contributed by atoms with van der Waals surface area (Å²) in [5.74, 6) is -0.481. The number of ether oxygens (including phenoxy) is 2. The molecule has 2 atom stereocenters. The Bertz CT molecular complexity index is 448. The molecule has 1 N–H and O–H groups in total. The van der Waals surface area contributed by atoms with Gasteiger partial charge in [0, 0.05) is 5.56 Å². The lowest BCUT2D eigenvalue weighted by atomic mass is 9.96. The quantitative estimate of drug-likeness (QED) is 0.842. The fourth-order valence-electron chi connectivity index (χ4n) is 1.80. The third-order valence-corrected chi connectivity index (χ3v) is 2.79. The number of benzene rings is 1. The molecule has 0 aliphatic heterocycles. The van der Waals surface area contributed by atoms with E-state index in [1.54, 1.807) is 39.8 Å². The molecule has 0 bridgehead atoms. The Kier molecular flexibility index (Phi) is 5.57. The Morgan fingerprint density at radius 3 is 2.45 bits per heavy atom. The summed E-state index contributed by atoms with van der Waals surface area (Å²) in [6, 6.07) is 7.18. The molecule has 0 radical (unpaired) electrons. The molecule has 0 spiro atoms. The van der Waals surface area contributed by atoms with Crippen LogP contribution in [0.4, 0.5) is 0 Å². The van der Waals surface area contributed by atoms with Gasteiger partial charge in [-0.05, 0) is 40.7 Å². The zero-order chi connectivity index (χ0) is 15.3. The number of aliphatic hydroxyl groups excluding tert-OH is 1. The maximum atomic E-state index is 12.0. The highest BCUT2D eigenvalue weighted by Crippen LogP contribution is 2.31. The summed E-state index contributed by atoms with van der Waals surface area (Å²) in [6.45, 7) is 9.45. The Balaban J connectivity index is 2.88. The Morgan fingerprint density at radius 2 is 1.90 bits per heavy atom. The predicted molar refractivity (Wildman–Crippen MR) is 77.6 cm³/mol. The number of hydrogen-bond donors (Lipinski definition) is 1. The molecule has 0 aliphatic carbocycles. The molecule has 4 heteroatoms. The predicted octanol–water partition coefficient (Wildman–Crippen LogP) is 3.10. The van der Waals surface area contributed by atoms with Gasteiger partial charge in [-0.2, -0.15) is 0 Å². The first-order chi connectivity index (χ1) is 9.26. The van der Waals surface area contributed by atoms with Gasteiger partial charge < -0.3 is 14.6 Å². The van der Waals surface area contributed by atoms with Crippen LogP contribution in [0, 0.1) is 5.92 Å². The topological polar surface area (TPSA) is 55.8 Å². The lowest BCUT2D eigenvalue weighted by Crippen LogP contribution is -2.30. The summed E-state index contributed by atoms with van der Waals surface area (Å²) in [4.78, 5) is 12.0. The van der Waals surface area contributed by atoms with Crippen molar-refractivity contribution < 1.29 is 19.4 Å². The Hall–Kier alpha value is -1.55. The first-order valence-corrected chi connectivity index (χ1v) is 6.89. The van der Waals surface area contributed by atoms with Crippen LogP contribution in [0.5, 0.6) is 5.75 Å². The maximum absolute atomic E-state index is 12.0. The second kappa shape index (κ2) is 6.75. The number of hydrogen-bond acceptors (Lipinski definition) is 4. The smallest absolute Gasteiger partial charge is 0.312 e. The molecule has 2 unspecified atom stereocenters. The lowest BCUT2D eigenvalue weighted by molar-refractivity contribution is -0.163. The van der Waals surface area contributed by atoms with Crippen LogP contribution in [-0.2, 0) is 9.53 Å². The maximum Gasteiger partial charge on any atom is 0.312 e. The van der Waals surface area contributed by atoms with Gasteiger partial charge in [0.15, 0.2) is 0 Å². The van der Waals surface area contributed by atoms with Gasteiger partial charge >= 0.3 is 5.97 Å². The third-order valence-electron chi connectivity index (χ3n) is 2.79. The highest BCUT2D eigenvalue weighted by atomic mass is 16.6. The van der Waals surface area contributed by atoms with Crippen molar-refractivity contribution in [3.8, 4) is 5.75 Å². The largest absolute Gasteiger partial charge is 0.493 e. The van der Waals surface area contributed by atoms with Gasteiger partial charge in [0.25, 0.3) is 0 Å². The molecule has 0 amide bonds. The van der Waals surface area contributed by atoms with Crippen LogP contribution in [0.15, 0.2) is 24.3 Å². The normalized spacial score (nSPS) is 14.5. The van der Waals surface area contributed by atoms with Gasteiger partial charge in [-0.3, -0.25) is 4.79 Å². The Morgan fingerprint density at radius 1 is 1.30 bits per heavy atom. The molecule has 20 heavy (non-hydrogen) atoms. The van der Waals surface area contributed by atoms with Crippen molar-refractivity contribution in [2.45, 2.75) is 46.3 Å². The molecule has 0 aliphatic rings. The van der Waals surface area contributed by atoms with E-state index in [0.29, 0.717) is 17.9 Å². The van der Waals surface area contributed by atoms with Crippen LogP contribution in [0.2, 0.25) is 0 Å². The average molecular weight is 280 g/mol. The number of para-hydroxylation sites is 1. The van der Waals surface area contributed by atoms with Crippen molar-refractivity contribution in [1.82, 2.24) is 0 Å². The van der Waals surface area contributed by atoms with Gasteiger partial charge in [0.2, 0.25) is 0 Å². The fraction of sp³-hybridized carbons (Fsp3) is 0.562. The van der Waals surface area contributed by atoms with E-state index >= 15 is 0 Å². The van der Waals surface area contributed by atoms with Gasteiger partial charge in [0.1, 0.15) is 11.4 Å². The average Bonchev–Trinajstić information content (AvgIpc) is 2.36. The molecule has 0 saturated heterocycles. The van der Waals surface area contributed by atoms with E-state index in [1.165, 1.54) is 0 Å². The minimum absolute atomic E-state index is 0.420. The summed E-state index contributed by atoms with van der Waals surface area (Å²) < 4.78 is 10.8. The second-order valence-corrected chi connectivity index (χ2v) is 5.74. The number of carbonyl (C=O) groups excluding carboxylic acids is 1. The van der Waals surface area contributed by atoms with Crippen LogP contribution in [-0.4, -0.2) is 23.3 Å². The van der Waals surface area contributed by atoms with E-state index in [1.807, 2.05) is 19.1 Å². The molecule has 0 fully saturated rings. The summed E-state index contributed by atoms with van der Waals surface area (Å²) in [6.07, 6.45) is -0.951. The molecule has 112 valence electrons. The van der Waals surface area contributed by atoms with Crippen LogP contribution >= 0.6 is 0 Å². The van der Waals surface area contributed by atoms with Crippen molar-refractivity contribution in [3.05, 3.63) is 29.8 Å². The fourth-order valence-corrected chi connectivity index (χ4v) is 1.80. The molecule has 0 saturated carbocycles. The summed E-state index contributed by atoms with van der Waals surface area (Å²) in [5.41, 5.74) is 0.0394. The van der Waals surface area contributed by atoms with Gasteiger partial charge in [-0.15, -0.1) is 0 Å². The minimum Gasteiger partial charge on any atom is -0.493 e. The third kappa shape index (κ3) is 4.53. The van der Waals surface area contributed by atoms with E-state index in [0.717, 1.165) is 0 Å². The van der Waals surface area contributed by atoms with Crippen LogP contribution < -0.4 is 4.74 Å². The van der Waals surface area contributed by atoms with E-state index in [4.69, 9.17) is 9.47 Å². The van der Waals surface area contributed by atoms with Crippen LogP contribution in [0.1, 0.15) is 46.3 Å². The summed E-state index contributed by atoms with van der Waals surface area (Å²) in [7, 11) is 0. The lowest BCUT2D eigenvalue weighted by Gasteiger charge is -2.25. The summed E-state index contributed by atoms with van der Waals surface area (Å²) in [5, 5.41) is 10.4. The van der Waals surface area contributed by atoms with Crippen molar-refractivity contribution in [2.75, 3.05) is 6.61 Å². The van der Waals surface area contributed by atoms with Crippen LogP contribution in [0.25, 0.3) is 0 Å². The van der Waals surface area contributed by atoms with Gasteiger partial charge in [-0.25, -0.2) is 0 Å². The molecule has 1 aromatic carbocycles. The van der Waals surface area contributed by atoms with Crippen molar-refractivity contribution >= 4 is 5.97 Å². The number of rotatable bonds is 5. The van der Waals surface area contributed by atoms with E-state index in [9.17, 15) is 9.90 Å². The molecule has 0 heterocycles. The zero-order valence-electron chi connectivity index (χ0n) is 12.8. The molecular weight excluding hydrogens is 256 g/mol. The van der Waals surface area contributed by atoms with Gasteiger partial charge in [-0.1, -0.05) is 18.2 Å². The standard InChI is InChI=1S/C16H24O4/c1-6-19-13-10-8-7-9-12(13)14(17)11(2)15(18)20-16(3,4)5/h7-11,14,17H,6H2,1-5H3.